The van der Waals surface area contributed by atoms with E-state index in [0.29, 0.717) is 44.2 Å². The Balaban J connectivity index is 1.34. The molecule has 2 aliphatic rings. The molecular formula is C22H28N4O3. The Labute approximate surface area is 171 Å². The van der Waals surface area contributed by atoms with E-state index in [1.54, 1.807) is 4.90 Å². The van der Waals surface area contributed by atoms with Gasteiger partial charge < -0.3 is 14.2 Å². The molecule has 2 amide bonds. The van der Waals surface area contributed by atoms with Crippen molar-refractivity contribution in [3.05, 3.63) is 47.7 Å². The van der Waals surface area contributed by atoms with E-state index in [2.05, 4.69) is 16.0 Å². The molecule has 1 aromatic heterocycles. The Kier molecular flexibility index (Phi) is 5.67. The second kappa shape index (κ2) is 8.37. The first-order chi connectivity index (χ1) is 14.0. The average molecular weight is 396 g/mol. The van der Waals surface area contributed by atoms with E-state index in [0.717, 1.165) is 25.1 Å². The predicted octanol–water partition coefficient (Wildman–Crippen LogP) is 2.54. The lowest BCUT2D eigenvalue weighted by Crippen LogP contribution is -2.52. The van der Waals surface area contributed by atoms with Crippen LogP contribution in [0, 0.1) is 0 Å². The van der Waals surface area contributed by atoms with Crippen molar-refractivity contribution in [3.8, 4) is 0 Å². The number of aromatic nitrogens is 1. The van der Waals surface area contributed by atoms with Crippen LogP contribution in [0.4, 0.5) is 5.69 Å². The van der Waals surface area contributed by atoms with Gasteiger partial charge in [-0.05, 0) is 24.5 Å². The summed E-state index contributed by atoms with van der Waals surface area (Å²) in [5, 5.41) is 0. The van der Waals surface area contributed by atoms with E-state index in [1.165, 1.54) is 12.0 Å². The second-order valence-electron chi connectivity index (χ2n) is 8.07. The maximum Gasteiger partial charge on any atom is 0.276 e. The number of rotatable bonds is 4. The fraction of sp³-hybridized carbons (Fsp3) is 0.500. The number of benzene rings is 1. The summed E-state index contributed by atoms with van der Waals surface area (Å²) in [5.41, 5.74) is 2.70. The number of fused-ring (bicyclic) bond motifs is 1. The number of carbonyl (C=O) groups excluding carboxylic acids is 2. The highest BCUT2D eigenvalue weighted by Crippen LogP contribution is 2.27. The summed E-state index contributed by atoms with van der Waals surface area (Å²) in [7, 11) is 0. The number of amides is 2. The van der Waals surface area contributed by atoms with Crippen molar-refractivity contribution in [2.75, 3.05) is 44.2 Å². The fourth-order valence-corrected chi connectivity index (χ4v) is 4.15. The number of anilines is 1. The van der Waals surface area contributed by atoms with Gasteiger partial charge in [-0.25, -0.2) is 4.98 Å². The van der Waals surface area contributed by atoms with Crippen LogP contribution in [0.3, 0.4) is 0 Å². The van der Waals surface area contributed by atoms with Crippen LogP contribution in [-0.4, -0.2) is 65.9 Å². The molecule has 0 aliphatic carbocycles. The molecule has 7 nitrogen and oxygen atoms in total. The van der Waals surface area contributed by atoms with Gasteiger partial charge in [0.2, 0.25) is 5.91 Å². The Morgan fingerprint density at radius 3 is 2.62 bits per heavy atom. The molecule has 3 heterocycles. The molecule has 1 fully saturated rings. The lowest BCUT2D eigenvalue weighted by atomic mass is 10.0. The van der Waals surface area contributed by atoms with Crippen molar-refractivity contribution in [1.29, 1.82) is 0 Å². The monoisotopic (exact) mass is 396 g/mol. The van der Waals surface area contributed by atoms with Gasteiger partial charge in [-0.3, -0.25) is 14.5 Å². The number of para-hydroxylation sites is 1. The average Bonchev–Trinajstić information content (AvgIpc) is 3.23. The first-order valence-electron chi connectivity index (χ1n) is 10.4. The van der Waals surface area contributed by atoms with Crippen molar-refractivity contribution in [2.24, 2.45) is 0 Å². The topological polar surface area (TPSA) is 69.9 Å². The van der Waals surface area contributed by atoms with Crippen molar-refractivity contribution >= 4 is 17.5 Å². The number of hydrogen-bond acceptors (Lipinski definition) is 5. The SMILES string of the molecule is CC(C)c1ocnc1C(=O)N1CCN(CC(=O)N2CCCc3ccccc32)CC1. The van der Waals surface area contributed by atoms with Crippen LogP contribution < -0.4 is 4.90 Å². The quantitative estimate of drug-likeness (QED) is 0.794. The lowest BCUT2D eigenvalue weighted by molar-refractivity contribution is -0.120. The molecule has 1 aromatic carbocycles. The largest absolute Gasteiger partial charge is 0.447 e. The summed E-state index contributed by atoms with van der Waals surface area (Å²) >= 11 is 0. The molecule has 0 bridgehead atoms. The molecule has 0 N–H and O–H groups in total. The van der Waals surface area contributed by atoms with E-state index in [1.807, 2.05) is 36.9 Å². The maximum atomic E-state index is 12.9. The molecule has 1 saturated heterocycles. The normalized spacial score (nSPS) is 17.5. The van der Waals surface area contributed by atoms with Crippen LogP contribution in [-0.2, 0) is 11.2 Å². The zero-order valence-corrected chi connectivity index (χ0v) is 17.1. The van der Waals surface area contributed by atoms with Gasteiger partial charge in [-0.2, -0.15) is 0 Å². The highest BCUT2D eigenvalue weighted by atomic mass is 16.3. The third-order valence-electron chi connectivity index (χ3n) is 5.75. The zero-order chi connectivity index (χ0) is 20.4. The molecule has 2 aliphatic heterocycles. The van der Waals surface area contributed by atoms with Gasteiger partial charge >= 0.3 is 0 Å². The van der Waals surface area contributed by atoms with Gasteiger partial charge in [0.05, 0.1) is 6.54 Å². The molecule has 7 heteroatoms. The highest BCUT2D eigenvalue weighted by molar-refractivity contribution is 5.96. The second-order valence-corrected chi connectivity index (χ2v) is 8.07. The van der Waals surface area contributed by atoms with Crippen molar-refractivity contribution in [2.45, 2.75) is 32.6 Å². The molecule has 0 unspecified atom stereocenters. The van der Waals surface area contributed by atoms with Crippen LogP contribution in [0.2, 0.25) is 0 Å². The van der Waals surface area contributed by atoms with Crippen molar-refractivity contribution < 1.29 is 14.0 Å². The minimum atomic E-state index is -0.0848. The summed E-state index contributed by atoms with van der Waals surface area (Å²) in [6.07, 6.45) is 3.37. The number of oxazole rings is 1. The number of piperazine rings is 1. The Bertz CT molecular complexity index is 884. The van der Waals surface area contributed by atoms with E-state index < -0.39 is 0 Å². The van der Waals surface area contributed by atoms with E-state index in [4.69, 9.17) is 4.42 Å². The smallest absolute Gasteiger partial charge is 0.276 e. The number of aryl methyl sites for hydroxylation is 1. The zero-order valence-electron chi connectivity index (χ0n) is 17.1. The molecule has 0 atom stereocenters. The van der Waals surface area contributed by atoms with Crippen LogP contribution in [0.25, 0.3) is 0 Å². The number of hydrogen-bond donors (Lipinski definition) is 0. The van der Waals surface area contributed by atoms with Crippen LogP contribution in [0.15, 0.2) is 35.1 Å². The predicted molar refractivity (Wildman–Crippen MR) is 110 cm³/mol. The summed E-state index contributed by atoms with van der Waals surface area (Å²) < 4.78 is 5.39. The molecule has 0 radical (unpaired) electrons. The van der Waals surface area contributed by atoms with Crippen molar-refractivity contribution in [1.82, 2.24) is 14.8 Å². The summed E-state index contributed by atoms with van der Waals surface area (Å²) in [6, 6.07) is 8.16. The van der Waals surface area contributed by atoms with Gasteiger partial charge in [0.25, 0.3) is 5.91 Å². The van der Waals surface area contributed by atoms with Crippen LogP contribution >= 0.6 is 0 Å². The third-order valence-corrected chi connectivity index (χ3v) is 5.75. The number of nitrogens with zero attached hydrogens (tertiary/aromatic N) is 4. The number of carbonyl (C=O) groups is 2. The first kappa shape index (κ1) is 19.6. The Morgan fingerprint density at radius 2 is 1.86 bits per heavy atom. The van der Waals surface area contributed by atoms with Gasteiger partial charge in [0.1, 0.15) is 5.76 Å². The molecule has 154 valence electrons. The molecule has 0 saturated carbocycles. The van der Waals surface area contributed by atoms with E-state index in [9.17, 15) is 9.59 Å². The molecule has 2 aromatic rings. The van der Waals surface area contributed by atoms with Gasteiger partial charge in [-0.1, -0.05) is 32.0 Å². The van der Waals surface area contributed by atoms with E-state index in [-0.39, 0.29) is 17.7 Å². The minimum absolute atomic E-state index is 0.0848. The summed E-state index contributed by atoms with van der Waals surface area (Å²) in [4.78, 5) is 35.7. The highest BCUT2D eigenvalue weighted by Gasteiger charge is 2.29. The van der Waals surface area contributed by atoms with Crippen LogP contribution in [0.5, 0.6) is 0 Å². The maximum absolute atomic E-state index is 12.9. The molecular weight excluding hydrogens is 368 g/mol. The van der Waals surface area contributed by atoms with Crippen LogP contribution in [0.1, 0.15) is 48.0 Å². The summed E-state index contributed by atoms with van der Waals surface area (Å²) in [5.74, 6) is 0.799. The standard InChI is InChI=1S/C22H28N4O3/c1-16(2)21-20(23-15-29-21)22(28)25-12-10-24(11-13-25)14-19(27)26-9-5-7-17-6-3-4-8-18(17)26/h3-4,6,8,15-16H,5,7,9-14H2,1-2H3. The molecule has 29 heavy (non-hydrogen) atoms. The Hall–Kier alpha value is -2.67. The first-order valence-corrected chi connectivity index (χ1v) is 10.4. The third kappa shape index (κ3) is 4.05. The van der Waals surface area contributed by atoms with Gasteiger partial charge in [-0.15, -0.1) is 0 Å². The van der Waals surface area contributed by atoms with Gasteiger partial charge in [0.15, 0.2) is 12.1 Å². The van der Waals surface area contributed by atoms with Gasteiger partial charge in [0, 0.05) is 44.3 Å². The van der Waals surface area contributed by atoms with Crippen molar-refractivity contribution in [3.63, 3.8) is 0 Å². The molecule has 4 rings (SSSR count). The summed E-state index contributed by atoms with van der Waals surface area (Å²) in [6.45, 7) is 7.68. The minimum Gasteiger partial charge on any atom is -0.447 e. The lowest BCUT2D eigenvalue weighted by Gasteiger charge is -2.36. The Morgan fingerprint density at radius 1 is 1.10 bits per heavy atom. The van der Waals surface area contributed by atoms with E-state index >= 15 is 0 Å². The molecule has 0 spiro atoms. The fourth-order valence-electron chi connectivity index (χ4n) is 4.15.